The predicted octanol–water partition coefficient (Wildman–Crippen LogP) is 2.59. The molecule has 0 spiro atoms. The summed E-state index contributed by atoms with van der Waals surface area (Å²) in [5.74, 6) is 0.0438. The molecular weight excluding hydrogens is 340 g/mol. The number of para-hydroxylation sites is 1. The van der Waals surface area contributed by atoms with E-state index in [0.29, 0.717) is 18.2 Å². The third kappa shape index (κ3) is 2.89. The standard InChI is InChI=1S/C16H14N6O2S/c1-2-21(15(23)13-8-5-9-24-13)16-19-18-14(25-16)10-22-12-7-4-3-6-11(12)17-20-22/h3-9H,2,10H2,1H3. The molecule has 1 amide bonds. The normalized spacial score (nSPS) is 11.1. The lowest BCUT2D eigenvalue weighted by molar-refractivity contribution is 0.0961. The van der Waals surface area contributed by atoms with Gasteiger partial charge >= 0.3 is 0 Å². The molecule has 0 unspecified atom stereocenters. The summed E-state index contributed by atoms with van der Waals surface area (Å²) in [5.41, 5.74) is 1.76. The minimum Gasteiger partial charge on any atom is -0.459 e. The van der Waals surface area contributed by atoms with E-state index in [9.17, 15) is 4.79 Å². The summed E-state index contributed by atoms with van der Waals surface area (Å²) >= 11 is 1.35. The Kier molecular flexibility index (Phi) is 3.98. The average molecular weight is 354 g/mol. The van der Waals surface area contributed by atoms with Crippen LogP contribution in [0.15, 0.2) is 47.1 Å². The van der Waals surface area contributed by atoms with E-state index >= 15 is 0 Å². The summed E-state index contributed by atoms with van der Waals surface area (Å²) < 4.78 is 6.95. The second-order valence-electron chi connectivity index (χ2n) is 5.24. The number of hydrogen-bond donors (Lipinski definition) is 0. The zero-order valence-electron chi connectivity index (χ0n) is 13.4. The number of amides is 1. The third-order valence-corrected chi connectivity index (χ3v) is 4.62. The summed E-state index contributed by atoms with van der Waals surface area (Å²) in [6.07, 6.45) is 1.47. The van der Waals surface area contributed by atoms with Crippen molar-refractivity contribution in [3.8, 4) is 0 Å². The number of carbonyl (C=O) groups is 1. The van der Waals surface area contributed by atoms with Crippen LogP contribution in [0.4, 0.5) is 5.13 Å². The molecule has 1 aromatic carbocycles. The topological polar surface area (TPSA) is 89.9 Å². The highest BCUT2D eigenvalue weighted by Crippen LogP contribution is 2.23. The molecule has 0 aliphatic carbocycles. The van der Waals surface area contributed by atoms with Crippen molar-refractivity contribution >= 4 is 33.4 Å². The Bertz CT molecular complexity index is 1010. The van der Waals surface area contributed by atoms with E-state index in [2.05, 4.69) is 20.5 Å². The maximum absolute atomic E-state index is 12.5. The van der Waals surface area contributed by atoms with E-state index in [4.69, 9.17) is 4.42 Å². The highest BCUT2D eigenvalue weighted by Gasteiger charge is 2.22. The van der Waals surface area contributed by atoms with Gasteiger partial charge < -0.3 is 4.42 Å². The number of fused-ring (bicyclic) bond motifs is 1. The molecule has 0 radical (unpaired) electrons. The Morgan fingerprint density at radius 2 is 2.08 bits per heavy atom. The maximum Gasteiger partial charge on any atom is 0.295 e. The fraction of sp³-hybridized carbons (Fsp3) is 0.188. The van der Waals surface area contributed by atoms with Gasteiger partial charge in [0, 0.05) is 6.54 Å². The molecule has 4 aromatic rings. The number of hydrogen-bond acceptors (Lipinski definition) is 7. The van der Waals surface area contributed by atoms with Crippen LogP contribution in [0.3, 0.4) is 0 Å². The number of benzene rings is 1. The summed E-state index contributed by atoms with van der Waals surface area (Å²) in [6.45, 7) is 2.80. The molecule has 0 atom stereocenters. The minimum atomic E-state index is -0.235. The molecule has 25 heavy (non-hydrogen) atoms. The van der Waals surface area contributed by atoms with E-state index in [1.165, 1.54) is 17.6 Å². The molecule has 0 aliphatic rings. The minimum absolute atomic E-state index is 0.235. The van der Waals surface area contributed by atoms with Crippen LogP contribution in [0, 0.1) is 0 Å². The van der Waals surface area contributed by atoms with E-state index in [1.54, 1.807) is 21.7 Å². The fourth-order valence-corrected chi connectivity index (χ4v) is 3.36. The van der Waals surface area contributed by atoms with Crippen LogP contribution < -0.4 is 4.90 Å². The fourth-order valence-electron chi connectivity index (χ4n) is 2.48. The van der Waals surface area contributed by atoms with Gasteiger partial charge in [0.1, 0.15) is 10.5 Å². The Balaban J connectivity index is 1.58. The summed E-state index contributed by atoms with van der Waals surface area (Å²) in [5, 5.41) is 17.9. The first kappa shape index (κ1) is 15.5. The van der Waals surface area contributed by atoms with Crippen LogP contribution in [0.25, 0.3) is 11.0 Å². The molecule has 0 fully saturated rings. The highest BCUT2D eigenvalue weighted by molar-refractivity contribution is 7.15. The second kappa shape index (κ2) is 6.44. The van der Waals surface area contributed by atoms with Gasteiger partial charge in [-0.25, -0.2) is 4.68 Å². The number of nitrogens with zero attached hydrogens (tertiary/aromatic N) is 6. The molecule has 3 aromatic heterocycles. The molecule has 0 N–H and O–H groups in total. The van der Waals surface area contributed by atoms with Gasteiger partial charge in [-0.3, -0.25) is 9.69 Å². The van der Waals surface area contributed by atoms with Gasteiger partial charge in [-0.1, -0.05) is 28.7 Å². The molecule has 0 aliphatic heterocycles. The first-order valence-electron chi connectivity index (χ1n) is 7.72. The first-order valence-corrected chi connectivity index (χ1v) is 8.54. The van der Waals surface area contributed by atoms with E-state index < -0.39 is 0 Å². The zero-order chi connectivity index (χ0) is 17.2. The maximum atomic E-state index is 12.5. The number of carbonyl (C=O) groups excluding carboxylic acids is 1. The van der Waals surface area contributed by atoms with Crippen molar-refractivity contribution in [2.45, 2.75) is 13.5 Å². The van der Waals surface area contributed by atoms with E-state index in [1.807, 2.05) is 31.2 Å². The van der Waals surface area contributed by atoms with Crippen molar-refractivity contribution in [3.05, 3.63) is 53.4 Å². The van der Waals surface area contributed by atoms with Gasteiger partial charge in [-0.2, -0.15) is 0 Å². The SMILES string of the molecule is CCN(C(=O)c1ccco1)c1nnc(Cn2nnc3ccccc32)s1. The molecule has 8 nitrogen and oxygen atoms in total. The Labute approximate surface area is 146 Å². The van der Waals surface area contributed by atoms with Crippen molar-refractivity contribution in [1.29, 1.82) is 0 Å². The molecule has 126 valence electrons. The summed E-state index contributed by atoms with van der Waals surface area (Å²) in [6, 6.07) is 11.0. The second-order valence-corrected chi connectivity index (χ2v) is 6.28. The molecule has 3 heterocycles. The van der Waals surface area contributed by atoms with Crippen molar-refractivity contribution in [1.82, 2.24) is 25.2 Å². The highest BCUT2D eigenvalue weighted by atomic mass is 32.1. The van der Waals surface area contributed by atoms with Gasteiger partial charge in [0.2, 0.25) is 5.13 Å². The van der Waals surface area contributed by atoms with Crippen LogP contribution >= 0.6 is 11.3 Å². The van der Waals surface area contributed by atoms with Gasteiger partial charge in [0.05, 0.1) is 18.3 Å². The quantitative estimate of drug-likeness (QED) is 0.547. The predicted molar refractivity (Wildman–Crippen MR) is 92.6 cm³/mol. The van der Waals surface area contributed by atoms with Crippen LogP contribution in [0.5, 0.6) is 0 Å². The van der Waals surface area contributed by atoms with Crippen LogP contribution in [0.2, 0.25) is 0 Å². The van der Waals surface area contributed by atoms with Gasteiger partial charge in [0.15, 0.2) is 5.76 Å². The third-order valence-electron chi connectivity index (χ3n) is 3.69. The molecule has 0 bridgehead atoms. The Morgan fingerprint density at radius 1 is 1.20 bits per heavy atom. The molecule has 0 saturated heterocycles. The summed E-state index contributed by atoms with van der Waals surface area (Å²) in [7, 11) is 0. The van der Waals surface area contributed by atoms with Crippen molar-refractivity contribution < 1.29 is 9.21 Å². The number of furan rings is 1. The van der Waals surface area contributed by atoms with Gasteiger partial charge in [-0.15, -0.1) is 15.3 Å². The average Bonchev–Trinajstić information content (AvgIpc) is 3.37. The van der Waals surface area contributed by atoms with E-state index in [0.717, 1.165) is 16.0 Å². The largest absolute Gasteiger partial charge is 0.459 e. The number of anilines is 1. The lowest BCUT2D eigenvalue weighted by Gasteiger charge is -2.14. The van der Waals surface area contributed by atoms with Crippen molar-refractivity contribution in [3.63, 3.8) is 0 Å². The van der Waals surface area contributed by atoms with Crippen LogP contribution in [-0.4, -0.2) is 37.6 Å². The summed E-state index contributed by atoms with van der Waals surface area (Å²) in [4.78, 5) is 14.0. The monoisotopic (exact) mass is 354 g/mol. The smallest absolute Gasteiger partial charge is 0.295 e. The molecule has 9 heteroatoms. The van der Waals surface area contributed by atoms with E-state index in [-0.39, 0.29) is 11.7 Å². The van der Waals surface area contributed by atoms with Crippen LogP contribution in [0.1, 0.15) is 22.5 Å². The molecular formula is C16H14N6O2S. The van der Waals surface area contributed by atoms with Crippen molar-refractivity contribution in [2.75, 3.05) is 11.4 Å². The molecule has 4 rings (SSSR count). The van der Waals surface area contributed by atoms with Crippen LogP contribution in [-0.2, 0) is 6.54 Å². The van der Waals surface area contributed by atoms with Crippen molar-refractivity contribution in [2.24, 2.45) is 0 Å². The first-order chi connectivity index (χ1) is 12.3. The molecule has 0 saturated carbocycles. The number of rotatable bonds is 5. The number of aromatic nitrogens is 5. The lowest BCUT2D eigenvalue weighted by atomic mass is 10.3. The Morgan fingerprint density at radius 3 is 2.88 bits per heavy atom. The zero-order valence-corrected chi connectivity index (χ0v) is 14.2. The van der Waals surface area contributed by atoms with Gasteiger partial charge in [0.25, 0.3) is 5.91 Å². The van der Waals surface area contributed by atoms with Gasteiger partial charge in [-0.05, 0) is 31.2 Å². The Hall–Kier alpha value is -3.07. The lowest BCUT2D eigenvalue weighted by Crippen LogP contribution is -2.30.